The van der Waals surface area contributed by atoms with Crippen molar-refractivity contribution in [3.63, 3.8) is 0 Å². The minimum absolute atomic E-state index is 0.508. The van der Waals surface area contributed by atoms with Crippen LogP contribution in [0.3, 0.4) is 0 Å². The molecule has 0 spiro atoms. The molecule has 1 aromatic carbocycles. The van der Waals surface area contributed by atoms with Gasteiger partial charge >= 0.3 is 0 Å². The summed E-state index contributed by atoms with van der Waals surface area (Å²) in [4.78, 5) is 2.06. The summed E-state index contributed by atoms with van der Waals surface area (Å²) < 4.78 is 16.1. The van der Waals surface area contributed by atoms with E-state index >= 15 is 0 Å². The largest absolute Gasteiger partial charge is 0.493 e. The molecule has 0 heterocycles. The summed E-state index contributed by atoms with van der Waals surface area (Å²) in [5, 5.41) is 0. The normalized spacial score (nSPS) is 10.2. The Hall–Kier alpha value is -1.00. The van der Waals surface area contributed by atoms with Crippen molar-refractivity contribution in [2.45, 2.75) is 0 Å². The summed E-state index contributed by atoms with van der Waals surface area (Å²) in [6, 6.07) is 3.76. The third-order valence-corrected chi connectivity index (χ3v) is 3.07. The second-order valence-corrected chi connectivity index (χ2v) is 4.47. The number of rotatable bonds is 8. The minimum atomic E-state index is 0.508. The van der Waals surface area contributed by atoms with E-state index in [2.05, 4.69) is 4.90 Å². The zero-order chi connectivity index (χ0) is 14.3. The van der Waals surface area contributed by atoms with Gasteiger partial charge in [-0.25, -0.2) is 0 Å². The lowest BCUT2D eigenvalue weighted by Crippen LogP contribution is -2.28. The molecule has 0 saturated heterocycles. The fourth-order valence-corrected chi connectivity index (χ4v) is 2.30. The molecule has 19 heavy (non-hydrogen) atoms. The monoisotopic (exact) mass is 307 g/mol. The van der Waals surface area contributed by atoms with Gasteiger partial charge in [-0.3, -0.25) is 0 Å². The van der Waals surface area contributed by atoms with E-state index in [-0.39, 0.29) is 0 Å². The second-order valence-electron chi connectivity index (χ2n) is 3.72. The van der Waals surface area contributed by atoms with Gasteiger partial charge in [-0.2, -0.15) is 0 Å². The zero-order valence-corrected chi connectivity index (χ0v) is 12.9. The number of hydrogen-bond acceptors (Lipinski definition) is 4. The fourth-order valence-electron chi connectivity index (χ4n) is 1.89. The molecule has 0 fully saturated rings. The van der Waals surface area contributed by atoms with Crippen molar-refractivity contribution in [2.24, 2.45) is 0 Å². The number of halogens is 2. The summed E-state index contributed by atoms with van der Waals surface area (Å²) in [5.74, 6) is 2.83. The smallest absolute Gasteiger partial charge is 0.205 e. The first-order valence-electron chi connectivity index (χ1n) is 5.89. The highest BCUT2D eigenvalue weighted by Gasteiger charge is 2.19. The third-order valence-electron chi connectivity index (χ3n) is 2.73. The number of ether oxygens (including phenoxy) is 3. The van der Waals surface area contributed by atoms with Gasteiger partial charge in [0.25, 0.3) is 0 Å². The van der Waals surface area contributed by atoms with Crippen molar-refractivity contribution in [1.82, 2.24) is 0 Å². The molecule has 0 aliphatic carbocycles. The Morgan fingerprint density at radius 3 is 1.89 bits per heavy atom. The molecule has 1 rings (SSSR count). The molecule has 0 amide bonds. The Bertz CT molecular complexity index is 396. The van der Waals surface area contributed by atoms with Gasteiger partial charge in [0.05, 0.1) is 27.0 Å². The molecule has 0 atom stereocenters. The average molecular weight is 308 g/mol. The van der Waals surface area contributed by atoms with Gasteiger partial charge in [0.2, 0.25) is 5.75 Å². The number of alkyl halides is 2. The lowest BCUT2D eigenvalue weighted by atomic mass is 10.2. The average Bonchev–Trinajstić information content (AvgIpc) is 2.45. The van der Waals surface area contributed by atoms with Crippen LogP contribution in [0.5, 0.6) is 17.2 Å². The molecule has 0 saturated carbocycles. The van der Waals surface area contributed by atoms with Gasteiger partial charge in [-0.15, -0.1) is 23.2 Å². The Morgan fingerprint density at radius 1 is 0.895 bits per heavy atom. The van der Waals surface area contributed by atoms with Gasteiger partial charge in [0.1, 0.15) is 0 Å². The van der Waals surface area contributed by atoms with E-state index in [1.165, 1.54) is 0 Å². The lowest BCUT2D eigenvalue weighted by molar-refractivity contribution is 0.324. The first kappa shape index (κ1) is 16.1. The van der Waals surface area contributed by atoms with Crippen LogP contribution in [-0.2, 0) is 0 Å². The van der Waals surface area contributed by atoms with Crippen molar-refractivity contribution in [3.8, 4) is 17.2 Å². The molecule has 0 unspecified atom stereocenters. The van der Waals surface area contributed by atoms with Crippen molar-refractivity contribution >= 4 is 28.9 Å². The number of hydrogen-bond donors (Lipinski definition) is 0. The zero-order valence-electron chi connectivity index (χ0n) is 11.4. The quantitative estimate of drug-likeness (QED) is 0.691. The molecule has 0 aromatic heterocycles. The van der Waals surface area contributed by atoms with Crippen LogP contribution >= 0.6 is 23.2 Å². The molecule has 0 radical (unpaired) electrons. The van der Waals surface area contributed by atoms with Gasteiger partial charge in [0.15, 0.2) is 11.5 Å². The SMILES string of the molecule is COc1ccc(N(CCCl)CCCl)c(OC)c1OC. The molecule has 0 aliphatic rings. The predicted octanol–water partition coefficient (Wildman–Crippen LogP) is 3.00. The molecular weight excluding hydrogens is 289 g/mol. The molecule has 0 bridgehead atoms. The van der Waals surface area contributed by atoms with E-state index in [1.807, 2.05) is 12.1 Å². The summed E-state index contributed by atoms with van der Waals surface area (Å²) in [6.45, 7) is 1.36. The minimum Gasteiger partial charge on any atom is -0.493 e. The van der Waals surface area contributed by atoms with Crippen molar-refractivity contribution < 1.29 is 14.2 Å². The van der Waals surface area contributed by atoms with E-state index in [1.54, 1.807) is 21.3 Å². The number of anilines is 1. The molecule has 1 aromatic rings. The van der Waals surface area contributed by atoms with Crippen molar-refractivity contribution in [2.75, 3.05) is 51.1 Å². The number of methoxy groups -OCH3 is 3. The van der Waals surface area contributed by atoms with E-state index in [4.69, 9.17) is 37.4 Å². The van der Waals surface area contributed by atoms with E-state index in [0.29, 0.717) is 42.1 Å². The molecule has 6 heteroatoms. The highest BCUT2D eigenvalue weighted by atomic mass is 35.5. The van der Waals surface area contributed by atoms with E-state index < -0.39 is 0 Å². The van der Waals surface area contributed by atoms with E-state index in [9.17, 15) is 0 Å². The van der Waals surface area contributed by atoms with Crippen LogP contribution in [0.1, 0.15) is 0 Å². The maximum absolute atomic E-state index is 5.83. The number of benzene rings is 1. The topological polar surface area (TPSA) is 30.9 Å². The maximum Gasteiger partial charge on any atom is 0.205 e. The van der Waals surface area contributed by atoms with E-state index in [0.717, 1.165) is 5.69 Å². The molecular formula is C13H19Cl2NO3. The highest BCUT2D eigenvalue weighted by molar-refractivity contribution is 6.18. The summed E-state index contributed by atoms with van der Waals surface area (Å²) in [7, 11) is 4.77. The van der Waals surface area contributed by atoms with Crippen LogP contribution in [0, 0.1) is 0 Å². The van der Waals surface area contributed by atoms with Crippen molar-refractivity contribution in [3.05, 3.63) is 12.1 Å². The van der Waals surface area contributed by atoms with Crippen LogP contribution in [0.25, 0.3) is 0 Å². The molecule has 0 aliphatic heterocycles. The van der Waals surface area contributed by atoms with Gasteiger partial charge < -0.3 is 19.1 Å². The standard InChI is InChI=1S/C13H19Cl2NO3/c1-17-11-5-4-10(12(18-2)13(11)19-3)16(8-6-14)9-7-15/h4-5H,6-9H2,1-3H3. The molecule has 0 N–H and O–H groups in total. The van der Waals surface area contributed by atoms with Gasteiger partial charge in [-0.05, 0) is 12.1 Å². The first-order chi connectivity index (χ1) is 9.23. The Balaban J connectivity index is 3.24. The van der Waals surface area contributed by atoms with Crippen LogP contribution in [-0.4, -0.2) is 46.2 Å². The Labute approximate surface area is 124 Å². The van der Waals surface area contributed by atoms with Crippen LogP contribution in [0.2, 0.25) is 0 Å². The summed E-state index contributed by atoms with van der Waals surface area (Å²) >= 11 is 11.7. The highest BCUT2D eigenvalue weighted by Crippen LogP contribution is 2.44. The lowest BCUT2D eigenvalue weighted by Gasteiger charge is -2.26. The van der Waals surface area contributed by atoms with Crippen molar-refractivity contribution in [1.29, 1.82) is 0 Å². The summed E-state index contributed by atoms with van der Waals surface area (Å²) in [5.41, 5.74) is 0.890. The van der Waals surface area contributed by atoms with Crippen LogP contribution in [0.4, 0.5) is 5.69 Å². The van der Waals surface area contributed by atoms with Crippen LogP contribution in [0.15, 0.2) is 12.1 Å². The fraction of sp³-hybridized carbons (Fsp3) is 0.538. The Morgan fingerprint density at radius 2 is 1.47 bits per heavy atom. The van der Waals surface area contributed by atoms with Gasteiger partial charge in [0, 0.05) is 24.8 Å². The Kier molecular flexibility index (Phi) is 6.95. The van der Waals surface area contributed by atoms with Crippen LogP contribution < -0.4 is 19.1 Å². The first-order valence-corrected chi connectivity index (χ1v) is 6.96. The van der Waals surface area contributed by atoms with Gasteiger partial charge in [-0.1, -0.05) is 0 Å². The number of nitrogens with zero attached hydrogens (tertiary/aromatic N) is 1. The molecule has 4 nitrogen and oxygen atoms in total. The summed E-state index contributed by atoms with van der Waals surface area (Å²) in [6.07, 6.45) is 0. The molecule has 108 valence electrons. The predicted molar refractivity (Wildman–Crippen MR) is 79.8 cm³/mol. The third kappa shape index (κ3) is 3.74. The maximum atomic E-state index is 5.83. The second kappa shape index (κ2) is 8.23.